The molecule has 0 aliphatic rings. The minimum Gasteiger partial charge on any atom is -0.469 e. The maximum absolute atomic E-state index is 10.8. The summed E-state index contributed by atoms with van der Waals surface area (Å²) >= 11 is 0. The molecule has 4 nitrogen and oxygen atoms in total. The third-order valence-corrected chi connectivity index (χ3v) is 1.84. The highest BCUT2D eigenvalue weighted by Gasteiger charge is 2.02. The van der Waals surface area contributed by atoms with Crippen molar-refractivity contribution < 1.29 is 20.1 Å². The van der Waals surface area contributed by atoms with Gasteiger partial charge in [-0.15, -0.1) is 0 Å². The van der Waals surface area contributed by atoms with Crippen LogP contribution in [0, 0.1) is 0 Å². The third kappa shape index (κ3) is 7.46. The molecule has 0 unspecified atom stereocenters. The number of hydrogen-bond donors (Lipinski definition) is 1. The third-order valence-electron chi connectivity index (χ3n) is 1.84. The summed E-state index contributed by atoms with van der Waals surface area (Å²) in [5.41, 5.74) is 3.50. The number of ketones is 1. The van der Waals surface area contributed by atoms with Gasteiger partial charge >= 0.3 is 5.97 Å². The van der Waals surface area contributed by atoms with Gasteiger partial charge in [0.2, 0.25) is 0 Å². The van der Waals surface area contributed by atoms with Crippen LogP contribution in [0.15, 0.2) is 0 Å². The fourth-order valence-corrected chi connectivity index (χ4v) is 0.995. The first kappa shape index (κ1) is 12.1. The van der Waals surface area contributed by atoms with Crippen molar-refractivity contribution in [2.45, 2.75) is 32.1 Å². The van der Waals surface area contributed by atoms with Gasteiger partial charge in [-0.2, -0.15) is 0 Å². The Bertz CT molecular complexity index is 150. The fourth-order valence-electron chi connectivity index (χ4n) is 0.995. The molecule has 13 heavy (non-hydrogen) atoms. The Morgan fingerprint density at radius 2 is 1.77 bits per heavy atom. The monoisotopic (exact) mass is 188 g/mol. The second-order valence-corrected chi connectivity index (χ2v) is 2.93. The summed E-state index contributed by atoms with van der Waals surface area (Å²) in [4.78, 5) is 21.5. The van der Waals surface area contributed by atoms with Crippen LogP contribution in [-0.4, -0.2) is 25.4 Å². The van der Waals surface area contributed by atoms with Crippen molar-refractivity contribution in [2.24, 2.45) is 0 Å². The predicted octanol–water partition coefficient (Wildman–Crippen LogP) is -0.0791. The Balaban J connectivity index is 3.17. The fraction of sp³-hybridized carbons (Fsp3) is 0.778. The normalized spacial score (nSPS) is 9.69. The molecule has 0 rings (SSSR count). The van der Waals surface area contributed by atoms with Crippen LogP contribution >= 0.6 is 0 Å². The molecule has 0 radical (unpaired) electrons. The molecule has 0 saturated heterocycles. The number of rotatable bonds is 7. The minimum atomic E-state index is -0.177. The number of carbonyl (C=O) groups excluding carboxylic acids is 2. The van der Waals surface area contributed by atoms with E-state index in [0.717, 1.165) is 19.3 Å². The molecule has 0 aromatic heterocycles. The van der Waals surface area contributed by atoms with Crippen molar-refractivity contribution in [3.05, 3.63) is 0 Å². The van der Waals surface area contributed by atoms with Crippen LogP contribution in [-0.2, 0) is 14.3 Å². The molecule has 0 heterocycles. The predicted molar refractivity (Wildman–Crippen MR) is 47.9 cm³/mol. The van der Waals surface area contributed by atoms with Crippen molar-refractivity contribution in [3.63, 3.8) is 0 Å². The Kier molecular flexibility index (Phi) is 7.20. The van der Waals surface area contributed by atoms with Crippen molar-refractivity contribution >= 4 is 11.8 Å². The quantitative estimate of drug-likeness (QED) is 0.448. The largest absolute Gasteiger partial charge is 0.469 e. The summed E-state index contributed by atoms with van der Waals surface area (Å²) in [6.45, 7) is 0.372. The van der Waals surface area contributed by atoms with E-state index < -0.39 is 0 Å². The molecule has 4 heteroatoms. The maximum Gasteiger partial charge on any atom is 0.305 e. The molecule has 0 aromatic rings. The molecule has 0 aromatic carbocycles. The lowest BCUT2D eigenvalue weighted by atomic mass is 10.1. The molecular formula is C9H18NO3+. The zero-order chi connectivity index (χ0) is 10.1. The number of unbranched alkanes of at least 4 members (excludes halogenated alkanes) is 2. The number of Topliss-reactive ketones (excluding diaryl/α,β-unsaturated/α-hetero) is 1. The zero-order valence-electron chi connectivity index (χ0n) is 8.17. The number of carbonyl (C=O) groups is 2. The highest BCUT2D eigenvalue weighted by atomic mass is 16.5. The molecule has 0 bridgehead atoms. The lowest BCUT2D eigenvalue weighted by molar-refractivity contribution is -0.354. The minimum absolute atomic E-state index is 0.177. The molecular weight excluding hydrogens is 170 g/mol. The molecule has 0 atom stereocenters. The number of methoxy groups -OCH3 is 1. The first-order chi connectivity index (χ1) is 6.20. The highest BCUT2D eigenvalue weighted by molar-refractivity contribution is 5.78. The molecule has 76 valence electrons. The van der Waals surface area contributed by atoms with E-state index in [1.807, 2.05) is 0 Å². The van der Waals surface area contributed by atoms with Gasteiger partial charge in [0.15, 0.2) is 5.78 Å². The van der Waals surface area contributed by atoms with Crippen molar-refractivity contribution in [1.29, 1.82) is 0 Å². The first-order valence-electron chi connectivity index (χ1n) is 4.58. The molecule has 0 saturated carbocycles. The molecule has 0 spiro atoms. The van der Waals surface area contributed by atoms with E-state index in [4.69, 9.17) is 0 Å². The lowest BCUT2D eigenvalue weighted by Gasteiger charge is -1.98. The van der Waals surface area contributed by atoms with Gasteiger partial charge in [-0.05, 0) is 12.8 Å². The van der Waals surface area contributed by atoms with Crippen molar-refractivity contribution in [3.8, 4) is 0 Å². The van der Waals surface area contributed by atoms with E-state index in [1.165, 1.54) is 7.11 Å². The van der Waals surface area contributed by atoms with Crippen LogP contribution in [0.2, 0.25) is 0 Å². The number of esters is 1. The average Bonchev–Trinajstić information content (AvgIpc) is 2.16. The summed E-state index contributed by atoms with van der Waals surface area (Å²) in [6, 6.07) is 0. The van der Waals surface area contributed by atoms with E-state index in [9.17, 15) is 9.59 Å². The second-order valence-electron chi connectivity index (χ2n) is 2.93. The van der Waals surface area contributed by atoms with Crippen LogP contribution in [0.1, 0.15) is 32.1 Å². The number of quaternary nitrogens is 1. The van der Waals surface area contributed by atoms with Crippen LogP contribution in [0.4, 0.5) is 0 Å². The van der Waals surface area contributed by atoms with Crippen molar-refractivity contribution in [2.75, 3.05) is 13.7 Å². The zero-order valence-corrected chi connectivity index (χ0v) is 8.17. The van der Waals surface area contributed by atoms with Crippen LogP contribution < -0.4 is 5.73 Å². The second kappa shape index (κ2) is 7.73. The molecule has 3 N–H and O–H groups in total. The van der Waals surface area contributed by atoms with Gasteiger partial charge in [0.05, 0.1) is 7.11 Å². The van der Waals surface area contributed by atoms with Gasteiger partial charge in [-0.3, -0.25) is 9.59 Å². The average molecular weight is 188 g/mol. The molecule has 0 amide bonds. The smallest absolute Gasteiger partial charge is 0.305 e. The first-order valence-corrected chi connectivity index (χ1v) is 4.58. The Hall–Kier alpha value is -0.900. The Labute approximate surface area is 78.4 Å². The SMILES string of the molecule is COC(=O)CCCCCC(=O)C[NH3+]. The molecule has 0 fully saturated rings. The van der Waals surface area contributed by atoms with E-state index in [2.05, 4.69) is 10.5 Å². The number of ether oxygens (including phenoxy) is 1. The summed E-state index contributed by atoms with van der Waals surface area (Å²) in [7, 11) is 1.38. The van der Waals surface area contributed by atoms with Crippen LogP contribution in [0.25, 0.3) is 0 Å². The van der Waals surface area contributed by atoms with Gasteiger partial charge in [0.1, 0.15) is 6.54 Å². The van der Waals surface area contributed by atoms with Crippen LogP contribution in [0.3, 0.4) is 0 Å². The van der Waals surface area contributed by atoms with Crippen LogP contribution in [0.5, 0.6) is 0 Å². The molecule has 0 aliphatic heterocycles. The Morgan fingerprint density at radius 1 is 1.15 bits per heavy atom. The highest BCUT2D eigenvalue weighted by Crippen LogP contribution is 2.03. The van der Waals surface area contributed by atoms with Crippen molar-refractivity contribution in [1.82, 2.24) is 0 Å². The van der Waals surface area contributed by atoms with Gasteiger partial charge in [0, 0.05) is 12.8 Å². The number of hydrogen-bond acceptors (Lipinski definition) is 3. The topological polar surface area (TPSA) is 71.0 Å². The maximum atomic E-state index is 10.8. The van der Waals surface area contributed by atoms with E-state index >= 15 is 0 Å². The van der Waals surface area contributed by atoms with Gasteiger partial charge in [0.25, 0.3) is 0 Å². The summed E-state index contributed by atoms with van der Waals surface area (Å²) in [5, 5.41) is 0. The van der Waals surface area contributed by atoms with Gasteiger partial charge in [-0.1, -0.05) is 6.42 Å². The van der Waals surface area contributed by atoms with Gasteiger partial charge in [-0.25, -0.2) is 0 Å². The van der Waals surface area contributed by atoms with E-state index in [-0.39, 0.29) is 11.8 Å². The molecule has 0 aliphatic carbocycles. The summed E-state index contributed by atoms with van der Waals surface area (Å²) in [5.74, 6) is 0.0153. The lowest BCUT2D eigenvalue weighted by Crippen LogP contribution is -2.54. The van der Waals surface area contributed by atoms with Gasteiger partial charge < -0.3 is 10.5 Å². The summed E-state index contributed by atoms with van der Waals surface area (Å²) < 4.78 is 4.48. The summed E-state index contributed by atoms with van der Waals surface area (Å²) in [6.07, 6.45) is 3.60. The Morgan fingerprint density at radius 3 is 2.31 bits per heavy atom. The van der Waals surface area contributed by atoms with E-state index in [0.29, 0.717) is 19.4 Å². The standard InChI is InChI=1S/C9H17NO3/c1-13-9(12)6-4-2-3-5-8(11)7-10/h2-7,10H2,1H3/p+1. The van der Waals surface area contributed by atoms with E-state index in [1.54, 1.807) is 0 Å².